The van der Waals surface area contributed by atoms with Crippen LogP contribution in [-0.2, 0) is 0 Å². The van der Waals surface area contributed by atoms with E-state index < -0.39 is 0 Å². The number of hydrogen-bond donors (Lipinski definition) is 1. The van der Waals surface area contributed by atoms with Crippen LogP contribution in [0.25, 0.3) is 10.8 Å². The van der Waals surface area contributed by atoms with Gasteiger partial charge in [-0.1, -0.05) is 49.7 Å². The van der Waals surface area contributed by atoms with Crippen molar-refractivity contribution >= 4 is 10.8 Å². The first-order valence-corrected chi connectivity index (χ1v) is 7.94. The first kappa shape index (κ1) is 13.6. The van der Waals surface area contributed by atoms with Crippen LogP contribution in [0, 0.1) is 11.8 Å². The lowest BCUT2D eigenvalue weighted by atomic mass is 10.0. The normalized spacial score (nSPS) is 24.1. The van der Waals surface area contributed by atoms with E-state index in [9.17, 15) is 0 Å². The highest BCUT2D eigenvalue weighted by Gasteiger charge is 2.21. The summed E-state index contributed by atoms with van der Waals surface area (Å²) >= 11 is 0. The molecule has 0 aliphatic heterocycles. The zero-order valence-electron chi connectivity index (χ0n) is 12.6. The Kier molecular flexibility index (Phi) is 4.07. The van der Waals surface area contributed by atoms with Crippen molar-refractivity contribution in [3.05, 3.63) is 48.0 Å². The summed E-state index contributed by atoms with van der Waals surface area (Å²) in [5.41, 5.74) is 1.40. The van der Waals surface area contributed by atoms with Crippen LogP contribution in [0.15, 0.2) is 42.5 Å². The Balaban J connectivity index is 1.64. The predicted molar refractivity (Wildman–Crippen MR) is 86.9 cm³/mol. The molecule has 106 valence electrons. The van der Waals surface area contributed by atoms with E-state index in [-0.39, 0.29) is 0 Å². The van der Waals surface area contributed by atoms with Crippen LogP contribution in [0.5, 0.6) is 0 Å². The molecule has 2 aromatic carbocycles. The SMILES string of the molecule is CC1CCC(CNC(C)c2ccc3ccccc3c2)C1. The van der Waals surface area contributed by atoms with Gasteiger partial charge in [0.2, 0.25) is 0 Å². The molecular weight excluding hydrogens is 242 g/mol. The van der Waals surface area contributed by atoms with E-state index in [1.807, 2.05) is 0 Å². The minimum absolute atomic E-state index is 0.440. The van der Waals surface area contributed by atoms with Crippen molar-refractivity contribution in [3.8, 4) is 0 Å². The Morgan fingerprint density at radius 3 is 2.65 bits per heavy atom. The van der Waals surface area contributed by atoms with Gasteiger partial charge in [-0.05, 0) is 60.5 Å². The Morgan fingerprint density at radius 1 is 1.10 bits per heavy atom. The van der Waals surface area contributed by atoms with Crippen molar-refractivity contribution in [3.63, 3.8) is 0 Å². The lowest BCUT2D eigenvalue weighted by Crippen LogP contribution is -2.24. The fraction of sp³-hybridized carbons (Fsp3) is 0.474. The molecule has 1 nitrogen and oxygen atoms in total. The highest BCUT2D eigenvalue weighted by atomic mass is 14.9. The van der Waals surface area contributed by atoms with Crippen LogP contribution in [0.4, 0.5) is 0 Å². The molecule has 0 spiro atoms. The van der Waals surface area contributed by atoms with Gasteiger partial charge in [-0.2, -0.15) is 0 Å². The van der Waals surface area contributed by atoms with Crippen molar-refractivity contribution in [2.45, 2.75) is 39.2 Å². The summed E-state index contributed by atoms with van der Waals surface area (Å²) in [6.07, 6.45) is 4.22. The van der Waals surface area contributed by atoms with Gasteiger partial charge in [0, 0.05) is 6.04 Å². The molecule has 3 rings (SSSR count). The van der Waals surface area contributed by atoms with E-state index in [4.69, 9.17) is 0 Å². The summed E-state index contributed by atoms with van der Waals surface area (Å²) in [6, 6.07) is 15.9. The number of nitrogens with one attached hydrogen (secondary N) is 1. The smallest absolute Gasteiger partial charge is 0.0292 e. The third-order valence-corrected chi connectivity index (χ3v) is 4.79. The average molecular weight is 267 g/mol. The molecule has 1 aliphatic carbocycles. The Morgan fingerprint density at radius 2 is 1.90 bits per heavy atom. The number of benzene rings is 2. The van der Waals surface area contributed by atoms with E-state index in [1.54, 1.807) is 0 Å². The van der Waals surface area contributed by atoms with E-state index in [0.29, 0.717) is 6.04 Å². The van der Waals surface area contributed by atoms with Gasteiger partial charge in [-0.25, -0.2) is 0 Å². The van der Waals surface area contributed by atoms with Crippen LogP contribution in [0.2, 0.25) is 0 Å². The second-order valence-electron chi connectivity index (χ2n) is 6.52. The van der Waals surface area contributed by atoms with Gasteiger partial charge in [0.15, 0.2) is 0 Å². The standard InChI is InChI=1S/C19H25N/c1-14-7-8-16(11-14)13-20-15(2)18-10-9-17-5-3-4-6-19(17)12-18/h3-6,9-10,12,14-16,20H,7-8,11,13H2,1-2H3. The summed E-state index contributed by atoms with van der Waals surface area (Å²) in [7, 11) is 0. The largest absolute Gasteiger partial charge is 0.310 e. The molecule has 0 radical (unpaired) electrons. The third-order valence-electron chi connectivity index (χ3n) is 4.79. The minimum Gasteiger partial charge on any atom is -0.310 e. The lowest BCUT2D eigenvalue weighted by Gasteiger charge is -2.18. The molecular formula is C19H25N. The monoisotopic (exact) mass is 267 g/mol. The zero-order chi connectivity index (χ0) is 13.9. The summed E-state index contributed by atoms with van der Waals surface area (Å²) in [5, 5.41) is 6.39. The maximum Gasteiger partial charge on any atom is 0.0292 e. The van der Waals surface area contributed by atoms with Crippen LogP contribution in [0.3, 0.4) is 0 Å². The molecule has 3 unspecified atom stereocenters. The van der Waals surface area contributed by atoms with Crippen molar-refractivity contribution in [1.82, 2.24) is 5.32 Å². The fourth-order valence-corrected chi connectivity index (χ4v) is 3.45. The predicted octanol–water partition coefficient (Wildman–Crippen LogP) is 4.93. The molecule has 1 saturated carbocycles. The van der Waals surface area contributed by atoms with Gasteiger partial charge in [-0.15, -0.1) is 0 Å². The zero-order valence-corrected chi connectivity index (χ0v) is 12.6. The topological polar surface area (TPSA) is 12.0 Å². The molecule has 20 heavy (non-hydrogen) atoms. The van der Waals surface area contributed by atoms with E-state index in [2.05, 4.69) is 61.6 Å². The van der Waals surface area contributed by atoms with Crippen molar-refractivity contribution < 1.29 is 0 Å². The van der Waals surface area contributed by atoms with E-state index >= 15 is 0 Å². The summed E-state index contributed by atoms with van der Waals surface area (Å²) in [6.45, 7) is 5.83. The Bertz CT molecular complexity index is 575. The van der Waals surface area contributed by atoms with Gasteiger partial charge in [0.1, 0.15) is 0 Å². The molecule has 0 amide bonds. The first-order chi connectivity index (χ1) is 9.72. The fourth-order valence-electron chi connectivity index (χ4n) is 3.45. The third kappa shape index (κ3) is 3.04. The summed E-state index contributed by atoms with van der Waals surface area (Å²) in [5.74, 6) is 1.81. The van der Waals surface area contributed by atoms with Crippen LogP contribution >= 0.6 is 0 Å². The number of fused-ring (bicyclic) bond motifs is 1. The highest BCUT2D eigenvalue weighted by Crippen LogP contribution is 2.30. The number of hydrogen-bond acceptors (Lipinski definition) is 1. The van der Waals surface area contributed by atoms with Crippen molar-refractivity contribution in [2.24, 2.45) is 11.8 Å². The summed E-state index contributed by atoms with van der Waals surface area (Å²) < 4.78 is 0. The average Bonchev–Trinajstić information content (AvgIpc) is 2.90. The minimum atomic E-state index is 0.440. The van der Waals surface area contributed by atoms with E-state index in [1.165, 1.54) is 42.1 Å². The molecule has 0 saturated heterocycles. The van der Waals surface area contributed by atoms with Crippen LogP contribution in [-0.4, -0.2) is 6.54 Å². The van der Waals surface area contributed by atoms with E-state index in [0.717, 1.165) is 11.8 Å². The van der Waals surface area contributed by atoms with Crippen LogP contribution < -0.4 is 5.32 Å². The Hall–Kier alpha value is -1.34. The molecule has 0 aromatic heterocycles. The second-order valence-corrected chi connectivity index (χ2v) is 6.52. The molecule has 1 fully saturated rings. The second kappa shape index (κ2) is 5.97. The molecule has 2 aromatic rings. The maximum absolute atomic E-state index is 3.73. The molecule has 1 heteroatoms. The molecule has 3 atom stereocenters. The Labute approximate surface area is 122 Å². The highest BCUT2D eigenvalue weighted by molar-refractivity contribution is 5.83. The van der Waals surface area contributed by atoms with Gasteiger partial charge in [-0.3, -0.25) is 0 Å². The van der Waals surface area contributed by atoms with Gasteiger partial charge >= 0.3 is 0 Å². The van der Waals surface area contributed by atoms with Gasteiger partial charge in [0.25, 0.3) is 0 Å². The molecule has 0 heterocycles. The molecule has 1 aliphatic rings. The lowest BCUT2D eigenvalue weighted by molar-refractivity contribution is 0.440. The van der Waals surface area contributed by atoms with Gasteiger partial charge in [0.05, 0.1) is 0 Å². The van der Waals surface area contributed by atoms with Crippen molar-refractivity contribution in [2.75, 3.05) is 6.54 Å². The van der Waals surface area contributed by atoms with Crippen molar-refractivity contribution in [1.29, 1.82) is 0 Å². The van der Waals surface area contributed by atoms with Crippen LogP contribution in [0.1, 0.15) is 44.7 Å². The first-order valence-electron chi connectivity index (χ1n) is 7.94. The van der Waals surface area contributed by atoms with Gasteiger partial charge < -0.3 is 5.32 Å². The summed E-state index contributed by atoms with van der Waals surface area (Å²) in [4.78, 5) is 0. The maximum atomic E-state index is 3.73. The molecule has 1 N–H and O–H groups in total. The molecule has 0 bridgehead atoms. The number of rotatable bonds is 4. The quantitative estimate of drug-likeness (QED) is 0.828.